The lowest BCUT2D eigenvalue weighted by Gasteiger charge is -2.21. The predicted molar refractivity (Wildman–Crippen MR) is 99.9 cm³/mol. The molecular formula is C17H16ClN7. The zero-order chi connectivity index (χ0) is 17.6. The van der Waals surface area contributed by atoms with Gasteiger partial charge in [-0.3, -0.25) is 0 Å². The number of fused-ring (bicyclic) bond motifs is 3. The molecule has 3 heterocycles. The summed E-state index contributed by atoms with van der Waals surface area (Å²) in [7, 11) is 5.86. The van der Waals surface area contributed by atoms with Gasteiger partial charge in [0.05, 0.1) is 5.39 Å². The topological polar surface area (TPSA) is 62.5 Å². The van der Waals surface area contributed by atoms with Crippen molar-refractivity contribution in [1.82, 2.24) is 24.6 Å². The third-order valence-corrected chi connectivity index (χ3v) is 4.27. The van der Waals surface area contributed by atoms with Crippen LogP contribution in [0.15, 0.2) is 42.7 Å². The van der Waals surface area contributed by atoms with Gasteiger partial charge in [0.2, 0.25) is 0 Å². The average molecular weight is 354 g/mol. The molecule has 4 aromatic rings. The highest BCUT2D eigenvalue weighted by molar-refractivity contribution is 6.30. The molecule has 1 aromatic carbocycles. The monoisotopic (exact) mass is 353 g/mol. The lowest BCUT2D eigenvalue weighted by Crippen LogP contribution is -2.15. The quantitative estimate of drug-likeness (QED) is 0.563. The van der Waals surface area contributed by atoms with Crippen molar-refractivity contribution in [2.24, 2.45) is 0 Å². The molecule has 0 saturated carbocycles. The molecule has 0 aliphatic rings. The first-order chi connectivity index (χ1) is 12.0. The van der Waals surface area contributed by atoms with E-state index in [2.05, 4.69) is 15.2 Å². The Labute approximate surface area is 149 Å². The van der Waals surface area contributed by atoms with Gasteiger partial charge in [-0.15, -0.1) is 10.2 Å². The van der Waals surface area contributed by atoms with Crippen LogP contribution in [0.1, 0.15) is 0 Å². The van der Waals surface area contributed by atoms with Crippen LogP contribution in [0.3, 0.4) is 0 Å². The van der Waals surface area contributed by atoms with E-state index in [9.17, 15) is 0 Å². The Balaban J connectivity index is 1.99. The SMILES string of the molecule is CN(C)c1ccc2c(N(C)c3cccc(Cl)c3)nc3nncn3c2n1. The van der Waals surface area contributed by atoms with Crippen molar-refractivity contribution in [3.63, 3.8) is 0 Å². The molecule has 0 radical (unpaired) electrons. The molecule has 7 nitrogen and oxygen atoms in total. The maximum absolute atomic E-state index is 6.14. The van der Waals surface area contributed by atoms with Crippen molar-refractivity contribution in [2.45, 2.75) is 0 Å². The Morgan fingerprint density at radius 3 is 2.64 bits per heavy atom. The van der Waals surface area contributed by atoms with Gasteiger partial charge in [0.1, 0.15) is 18.0 Å². The van der Waals surface area contributed by atoms with E-state index in [1.807, 2.05) is 67.3 Å². The highest BCUT2D eigenvalue weighted by Gasteiger charge is 2.16. The minimum Gasteiger partial charge on any atom is -0.363 e. The van der Waals surface area contributed by atoms with Crippen molar-refractivity contribution < 1.29 is 0 Å². The summed E-state index contributed by atoms with van der Waals surface area (Å²) in [6.45, 7) is 0. The molecule has 4 rings (SSSR count). The smallest absolute Gasteiger partial charge is 0.258 e. The number of benzene rings is 1. The van der Waals surface area contributed by atoms with Crippen LogP contribution in [0.2, 0.25) is 5.02 Å². The predicted octanol–water partition coefficient (Wildman–Crippen LogP) is 3.16. The number of halogens is 1. The van der Waals surface area contributed by atoms with Gasteiger partial charge in [0, 0.05) is 31.9 Å². The van der Waals surface area contributed by atoms with E-state index < -0.39 is 0 Å². The minimum atomic E-state index is 0.500. The number of hydrogen-bond acceptors (Lipinski definition) is 6. The van der Waals surface area contributed by atoms with Crippen LogP contribution < -0.4 is 9.80 Å². The lowest BCUT2D eigenvalue weighted by atomic mass is 10.2. The van der Waals surface area contributed by atoms with Crippen molar-refractivity contribution in [1.29, 1.82) is 0 Å². The van der Waals surface area contributed by atoms with Gasteiger partial charge in [-0.05, 0) is 30.3 Å². The number of aromatic nitrogens is 5. The summed E-state index contributed by atoms with van der Waals surface area (Å²) in [6.07, 6.45) is 1.63. The van der Waals surface area contributed by atoms with E-state index in [1.54, 1.807) is 10.7 Å². The molecule has 0 unspecified atom stereocenters. The van der Waals surface area contributed by atoms with Gasteiger partial charge in [-0.1, -0.05) is 17.7 Å². The fraction of sp³-hybridized carbons (Fsp3) is 0.176. The number of nitrogens with zero attached hydrogens (tertiary/aromatic N) is 7. The van der Waals surface area contributed by atoms with Crippen molar-refractivity contribution in [3.05, 3.63) is 47.7 Å². The van der Waals surface area contributed by atoms with E-state index in [-0.39, 0.29) is 0 Å². The largest absolute Gasteiger partial charge is 0.363 e. The first-order valence-corrected chi connectivity index (χ1v) is 8.09. The van der Waals surface area contributed by atoms with Gasteiger partial charge in [-0.25, -0.2) is 9.38 Å². The third kappa shape index (κ3) is 2.62. The average Bonchev–Trinajstić information content (AvgIpc) is 3.08. The molecule has 126 valence electrons. The van der Waals surface area contributed by atoms with Crippen LogP contribution in [0.25, 0.3) is 16.8 Å². The summed E-state index contributed by atoms with van der Waals surface area (Å²) in [5.74, 6) is 2.10. The van der Waals surface area contributed by atoms with Gasteiger partial charge in [-0.2, -0.15) is 4.98 Å². The highest BCUT2D eigenvalue weighted by atomic mass is 35.5. The Bertz CT molecular complexity index is 1070. The van der Waals surface area contributed by atoms with Crippen molar-refractivity contribution in [2.75, 3.05) is 30.9 Å². The Kier molecular flexibility index (Phi) is 3.65. The van der Waals surface area contributed by atoms with Crippen LogP contribution in [0.5, 0.6) is 0 Å². The van der Waals surface area contributed by atoms with Gasteiger partial charge in [0.25, 0.3) is 5.78 Å². The first-order valence-electron chi connectivity index (χ1n) is 7.72. The minimum absolute atomic E-state index is 0.500. The summed E-state index contributed by atoms with van der Waals surface area (Å²) >= 11 is 6.14. The van der Waals surface area contributed by atoms with E-state index in [1.165, 1.54) is 0 Å². The Morgan fingerprint density at radius 1 is 1.04 bits per heavy atom. The van der Waals surface area contributed by atoms with E-state index in [0.717, 1.165) is 28.4 Å². The molecular weight excluding hydrogens is 338 g/mol. The van der Waals surface area contributed by atoms with E-state index in [0.29, 0.717) is 10.8 Å². The molecule has 0 fully saturated rings. The normalized spacial score (nSPS) is 11.2. The molecule has 3 aromatic heterocycles. The van der Waals surface area contributed by atoms with E-state index in [4.69, 9.17) is 16.6 Å². The second kappa shape index (κ2) is 5.86. The van der Waals surface area contributed by atoms with Crippen LogP contribution in [-0.2, 0) is 0 Å². The summed E-state index contributed by atoms with van der Waals surface area (Å²) in [4.78, 5) is 13.3. The zero-order valence-corrected chi connectivity index (χ0v) is 14.8. The summed E-state index contributed by atoms with van der Waals surface area (Å²) in [5, 5.41) is 9.64. The van der Waals surface area contributed by atoms with Crippen LogP contribution >= 0.6 is 11.6 Å². The zero-order valence-electron chi connectivity index (χ0n) is 14.0. The lowest BCUT2D eigenvalue weighted by molar-refractivity contribution is 1.04. The first kappa shape index (κ1) is 15.6. The summed E-state index contributed by atoms with van der Waals surface area (Å²) in [6, 6.07) is 11.6. The molecule has 0 amide bonds. The standard InChI is InChI=1S/C17H16ClN7/c1-23(2)14-8-7-13-15(24(3)12-6-4-5-11(18)9-12)21-17-22-19-10-25(17)16(13)20-14/h4-10H,1-3H3. The second-order valence-electron chi connectivity index (χ2n) is 5.91. The van der Waals surface area contributed by atoms with Crippen molar-refractivity contribution >= 4 is 45.7 Å². The van der Waals surface area contributed by atoms with Crippen LogP contribution in [0, 0.1) is 0 Å². The number of hydrogen-bond donors (Lipinski definition) is 0. The molecule has 0 aliphatic heterocycles. The molecule has 0 aliphatic carbocycles. The molecule has 0 saturated heterocycles. The fourth-order valence-corrected chi connectivity index (χ4v) is 2.90. The molecule has 0 N–H and O–H groups in total. The van der Waals surface area contributed by atoms with E-state index >= 15 is 0 Å². The number of anilines is 3. The van der Waals surface area contributed by atoms with Gasteiger partial charge >= 0.3 is 0 Å². The maximum atomic E-state index is 6.14. The number of pyridine rings is 1. The third-order valence-electron chi connectivity index (χ3n) is 4.04. The van der Waals surface area contributed by atoms with Crippen LogP contribution in [0.4, 0.5) is 17.3 Å². The highest BCUT2D eigenvalue weighted by Crippen LogP contribution is 2.31. The Hall–Kier alpha value is -2.93. The Morgan fingerprint density at radius 2 is 1.88 bits per heavy atom. The number of rotatable bonds is 3. The molecule has 0 atom stereocenters. The molecule has 25 heavy (non-hydrogen) atoms. The maximum Gasteiger partial charge on any atom is 0.258 e. The summed E-state index contributed by atoms with van der Waals surface area (Å²) < 4.78 is 1.79. The second-order valence-corrected chi connectivity index (χ2v) is 6.35. The van der Waals surface area contributed by atoms with Crippen LogP contribution in [-0.4, -0.2) is 45.7 Å². The molecule has 8 heteroatoms. The fourth-order valence-electron chi connectivity index (χ4n) is 2.72. The van der Waals surface area contributed by atoms with Crippen molar-refractivity contribution in [3.8, 4) is 0 Å². The summed E-state index contributed by atoms with van der Waals surface area (Å²) in [5.41, 5.74) is 1.69. The molecule has 0 spiro atoms. The van der Waals surface area contributed by atoms with Gasteiger partial charge in [0.15, 0.2) is 5.65 Å². The molecule has 0 bridgehead atoms. The van der Waals surface area contributed by atoms with Gasteiger partial charge < -0.3 is 9.80 Å².